The van der Waals surface area contributed by atoms with Gasteiger partial charge in [0.25, 0.3) is 0 Å². The third kappa shape index (κ3) is 1.55. The highest BCUT2D eigenvalue weighted by Crippen LogP contribution is 2.10. The summed E-state index contributed by atoms with van der Waals surface area (Å²) >= 11 is 3.24. The molecule has 1 N–H and O–H groups in total. The van der Waals surface area contributed by atoms with Crippen LogP contribution in [0.1, 0.15) is 0 Å². The van der Waals surface area contributed by atoms with E-state index >= 15 is 0 Å². The summed E-state index contributed by atoms with van der Waals surface area (Å²) in [5.41, 5.74) is 0.631. The smallest absolute Gasteiger partial charge is 0.312 e. The Morgan fingerprint density at radius 2 is 2.38 bits per heavy atom. The fraction of sp³-hybridized carbons (Fsp3) is 0. The number of pyridine rings is 1. The molecule has 0 atom stereocenters. The van der Waals surface area contributed by atoms with Gasteiger partial charge >= 0.3 is 5.69 Å². The summed E-state index contributed by atoms with van der Waals surface area (Å²) in [6, 6.07) is 3.54. The normalized spacial score (nSPS) is 10.2. The molecule has 13 heavy (non-hydrogen) atoms. The summed E-state index contributed by atoms with van der Waals surface area (Å²) < 4.78 is 2.21. The Bertz CT molecular complexity index is 474. The van der Waals surface area contributed by atoms with Gasteiger partial charge in [0.05, 0.1) is 5.69 Å². The van der Waals surface area contributed by atoms with Crippen molar-refractivity contribution in [1.29, 1.82) is 0 Å². The van der Waals surface area contributed by atoms with Gasteiger partial charge in [0.1, 0.15) is 4.60 Å². The summed E-state index contributed by atoms with van der Waals surface area (Å²) in [6.45, 7) is 0. The zero-order chi connectivity index (χ0) is 9.26. The second kappa shape index (κ2) is 3.18. The molecule has 0 saturated carbocycles. The van der Waals surface area contributed by atoms with Crippen LogP contribution in [0, 0.1) is 0 Å². The second-order valence-electron chi connectivity index (χ2n) is 2.47. The average molecular weight is 240 g/mol. The number of rotatable bonds is 1. The molecule has 2 aromatic heterocycles. The van der Waals surface area contributed by atoms with Crippen molar-refractivity contribution < 1.29 is 0 Å². The second-order valence-corrected chi connectivity index (χ2v) is 3.28. The van der Waals surface area contributed by atoms with Gasteiger partial charge in [0, 0.05) is 18.6 Å². The molecule has 2 heterocycles. The molecule has 2 aromatic rings. The van der Waals surface area contributed by atoms with Crippen LogP contribution in [0.5, 0.6) is 0 Å². The summed E-state index contributed by atoms with van der Waals surface area (Å²) in [7, 11) is 0. The highest BCUT2D eigenvalue weighted by molar-refractivity contribution is 9.10. The Balaban J connectivity index is 2.59. The molecule has 0 aliphatic carbocycles. The zero-order valence-corrected chi connectivity index (χ0v) is 8.15. The van der Waals surface area contributed by atoms with E-state index in [-0.39, 0.29) is 5.69 Å². The van der Waals surface area contributed by atoms with E-state index < -0.39 is 0 Å². The fourth-order valence-electron chi connectivity index (χ4n) is 1.07. The van der Waals surface area contributed by atoms with E-state index in [1.807, 2.05) is 0 Å². The molecule has 0 aliphatic heterocycles. The fourth-order valence-corrected chi connectivity index (χ4v) is 1.42. The lowest BCUT2D eigenvalue weighted by molar-refractivity contribution is 0.979. The molecular formula is C8H6BrN3O. The molecule has 0 unspecified atom stereocenters. The molecule has 0 radical (unpaired) electrons. The Hall–Kier alpha value is -1.36. The summed E-state index contributed by atoms with van der Waals surface area (Å²) in [4.78, 5) is 17.7. The van der Waals surface area contributed by atoms with Gasteiger partial charge in [0.2, 0.25) is 0 Å². The molecule has 2 rings (SSSR count). The maximum Gasteiger partial charge on any atom is 0.330 e. The van der Waals surface area contributed by atoms with E-state index in [4.69, 9.17) is 0 Å². The van der Waals surface area contributed by atoms with Crippen molar-refractivity contribution in [3.05, 3.63) is 45.8 Å². The minimum Gasteiger partial charge on any atom is -0.312 e. The highest BCUT2D eigenvalue weighted by Gasteiger charge is 1.99. The monoisotopic (exact) mass is 239 g/mol. The predicted octanol–water partition coefficient (Wildman–Crippen LogP) is 1.32. The number of nitrogens with zero attached hydrogens (tertiary/aromatic N) is 2. The quantitative estimate of drug-likeness (QED) is 0.764. The van der Waals surface area contributed by atoms with Gasteiger partial charge in [0.15, 0.2) is 0 Å². The van der Waals surface area contributed by atoms with Crippen LogP contribution in [0.25, 0.3) is 5.69 Å². The third-order valence-corrected chi connectivity index (χ3v) is 2.07. The Kier molecular flexibility index (Phi) is 2.02. The molecule has 0 aromatic carbocycles. The van der Waals surface area contributed by atoms with Crippen molar-refractivity contribution in [2.45, 2.75) is 0 Å². The molecular weight excluding hydrogens is 234 g/mol. The van der Waals surface area contributed by atoms with Crippen LogP contribution in [0.15, 0.2) is 40.1 Å². The van der Waals surface area contributed by atoms with Crippen LogP contribution in [-0.4, -0.2) is 14.5 Å². The molecule has 0 saturated heterocycles. The van der Waals surface area contributed by atoms with Gasteiger partial charge in [-0.05, 0) is 28.1 Å². The number of nitrogens with one attached hydrogen (secondary N) is 1. The van der Waals surface area contributed by atoms with E-state index in [0.717, 1.165) is 5.69 Å². The van der Waals surface area contributed by atoms with Gasteiger partial charge < -0.3 is 4.98 Å². The number of H-pyrrole nitrogens is 1. The number of imidazole rings is 1. The van der Waals surface area contributed by atoms with Gasteiger partial charge in [-0.2, -0.15) is 0 Å². The van der Waals surface area contributed by atoms with E-state index in [0.29, 0.717) is 4.60 Å². The average Bonchev–Trinajstić information content (AvgIpc) is 2.51. The molecule has 5 heteroatoms. The van der Waals surface area contributed by atoms with Crippen molar-refractivity contribution >= 4 is 15.9 Å². The number of halogens is 1. The maximum absolute atomic E-state index is 11.2. The summed E-state index contributed by atoms with van der Waals surface area (Å²) in [5, 5.41) is 0. The topological polar surface area (TPSA) is 50.7 Å². The van der Waals surface area contributed by atoms with Crippen LogP contribution in [0.4, 0.5) is 0 Å². The van der Waals surface area contributed by atoms with Crippen LogP contribution in [0.3, 0.4) is 0 Å². The molecule has 0 aliphatic rings. The minimum atomic E-state index is -0.155. The first-order valence-electron chi connectivity index (χ1n) is 3.65. The predicted molar refractivity (Wildman–Crippen MR) is 51.9 cm³/mol. The highest BCUT2D eigenvalue weighted by atomic mass is 79.9. The van der Waals surface area contributed by atoms with Crippen LogP contribution in [-0.2, 0) is 0 Å². The molecule has 66 valence electrons. The Labute approximate surface area is 82.4 Å². The van der Waals surface area contributed by atoms with Crippen molar-refractivity contribution in [3.8, 4) is 5.69 Å². The number of hydrogen-bond acceptors (Lipinski definition) is 2. The van der Waals surface area contributed by atoms with Gasteiger partial charge in [-0.3, -0.25) is 4.57 Å². The van der Waals surface area contributed by atoms with Gasteiger partial charge in [-0.25, -0.2) is 9.78 Å². The first kappa shape index (κ1) is 8.25. The van der Waals surface area contributed by atoms with Gasteiger partial charge in [-0.15, -0.1) is 0 Å². The van der Waals surface area contributed by atoms with Crippen molar-refractivity contribution in [3.63, 3.8) is 0 Å². The minimum absolute atomic E-state index is 0.155. The van der Waals surface area contributed by atoms with Gasteiger partial charge in [-0.1, -0.05) is 0 Å². The third-order valence-electron chi connectivity index (χ3n) is 1.64. The largest absolute Gasteiger partial charge is 0.330 e. The van der Waals surface area contributed by atoms with Crippen molar-refractivity contribution in [2.24, 2.45) is 0 Å². The zero-order valence-electron chi connectivity index (χ0n) is 6.57. The van der Waals surface area contributed by atoms with Crippen LogP contribution < -0.4 is 5.69 Å². The summed E-state index contributed by atoms with van der Waals surface area (Å²) in [6.07, 6.45) is 4.90. The van der Waals surface area contributed by atoms with E-state index in [2.05, 4.69) is 25.9 Å². The van der Waals surface area contributed by atoms with E-state index in [9.17, 15) is 4.79 Å². The lowest BCUT2D eigenvalue weighted by atomic mass is 10.4. The maximum atomic E-state index is 11.2. The number of hydrogen-bond donors (Lipinski definition) is 1. The SMILES string of the molecule is O=c1[nH]ccn1-c1ccnc(Br)c1. The first-order chi connectivity index (χ1) is 6.27. The Morgan fingerprint density at radius 1 is 1.54 bits per heavy atom. The molecule has 0 bridgehead atoms. The Morgan fingerprint density at radius 3 is 3.00 bits per heavy atom. The van der Waals surface area contributed by atoms with Crippen LogP contribution >= 0.6 is 15.9 Å². The van der Waals surface area contributed by atoms with E-state index in [1.165, 1.54) is 4.57 Å². The standard InChI is InChI=1S/C8H6BrN3O/c9-7-5-6(1-2-10-7)12-4-3-11-8(12)13/h1-5H,(H,11,13). The van der Waals surface area contributed by atoms with E-state index in [1.54, 1.807) is 30.7 Å². The molecule has 0 fully saturated rings. The van der Waals surface area contributed by atoms with Crippen molar-refractivity contribution in [1.82, 2.24) is 14.5 Å². The van der Waals surface area contributed by atoms with Crippen molar-refractivity contribution in [2.75, 3.05) is 0 Å². The molecule has 0 amide bonds. The molecule has 0 spiro atoms. The number of aromatic amines is 1. The number of aromatic nitrogens is 3. The lowest BCUT2D eigenvalue weighted by Crippen LogP contribution is -2.13. The summed E-state index contributed by atoms with van der Waals surface area (Å²) in [5.74, 6) is 0. The first-order valence-corrected chi connectivity index (χ1v) is 4.44. The van der Waals surface area contributed by atoms with Crippen LogP contribution in [0.2, 0.25) is 0 Å². The lowest BCUT2D eigenvalue weighted by Gasteiger charge is -1.99. The molecule has 4 nitrogen and oxygen atoms in total.